The summed E-state index contributed by atoms with van der Waals surface area (Å²) in [5.74, 6) is -0.648. The summed E-state index contributed by atoms with van der Waals surface area (Å²) in [7, 11) is 0. The molecule has 4 heteroatoms. The highest BCUT2D eigenvalue weighted by Gasteiger charge is 2.39. The Labute approximate surface area is 121 Å². The number of benzene rings is 2. The minimum Gasteiger partial charge on any atom is -0.315 e. The number of rotatable bonds is 3. The monoisotopic (exact) mass is 293 g/mol. The maximum atomic E-state index is 13.5. The minimum absolute atomic E-state index is 0.134. The summed E-state index contributed by atoms with van der Waals surface area (Å²) >= 11 is 6.04. The second-order valence-corrected chi connectivity index (χ2v) is 5.66. The van der Waals surface area contributed by atoms with Crippen LogP contribution >= 0.6 is 11.6 Å². The van der Waals surface area contributed by atoms with Crippen LogP contribution < -0.4 is 5.32 Å². The molecule has 104 valence electrons. The van der Waals surface area contributed by atoms with Crippen molar-refractivity contribution in [2.75, 3.05) is 13.1 Å². The van der Waals surface area contributed by atoms with Crippen LogP contribution in [0, 0.1) is 11.6 Å². The average Bonchev–Trinajstić information content (AvgIpc) is 2.40. The highest BCUT2D eigenvalue weighted by Crippen LogP contribution is 2.35. The SMILES string of the molecule is Fc1ccc(C2(Cc3cccc(F)c3Cl)CNC2)cc1. The standard InChI is InChI=1S/C16H14ClF2N/c17-15-11(2-1-3-14(15)19)8-16(9-20-10-16)12-4-6-13(18)7-5-12/h1-7,20H,8-10H2. The van der Waals surface area contributed by atoms with Crippen LogP contribution in [0.1, 0.15) is 11.1 Å². The van der Waals surface area contributed by atoms with Gasteiger partial charge in [-0.25, -0.2) is 8.78 Å². The van der Waals surface area contributed by atoms with Gasteiger partial charge in [-0.15, -0.1) is 0 Å². The van der Waals surface area contributed by atoms with E-state index >= 15 is 0 Å². The Morgan fingerprint density at radius 1 is 1.05 bits per heavy atom. The molecule has 2 aromatic rings. The second kappa shape index (κ2) is 5.15. The van der Waals surface area contributed by atoms with E-state index in [0.717, 1.165) is 24.2 Å². The van der Waals surface area contributed by atoms with Crippen molar-refractivity contribution in [3.63, 3.8) is 0 Å². The first kappa shape index (κ1) is 13.5. The van der Waals surface area contributed by atoms with Gasteiger partial charge >= 0.3 is 0 Å². The van der Waals surface area contributed by atoms with Gasteiger partial charge in [-0.2, -0.15) is 0 Å². The van der Waals surface area contributed by atoms with Gasteiger partial charge in [-0.3, -0.25) is 0 Å². The smallest absolute Gasteiger partial charge is 0.142 e. The third-order valence-electron chi connectivity index (χ3n) is 3.94. The number of nitrogens with one attached hydrogen (secondary N) is 1. The fourth-order valence-electron chi connectivity index (χ4n) is 2.71. The molecule has 0 aliphatic carbocycles. The molecule has 0 atom stereocenters. The first-order valence-corrected chi connectivity index (χ1v) is 6.88. The number of hydrogen-bond acceptors (Lipinski definition) is 1. The third kappa shape index (κ3) is 2.32. The minimum atomic E-state index is -0.397. The van der Waals surface area contributed by atoms with Crippen molar-refractivity contribution in [2.24, 2.45) is 0 Å². The molecule has 0 bridgehead atoms. The molecule has 20 heavy (non-hydrogen) atoms. The van der Waals surface area contributed by atoms with E-state index < -0.39 is 5.82 Å². The van der Waals surface area contributed by atoms with Crippen molar-refractivity contribution >= 4 is 11.6 Å². The van der Waals surface area contributed by atoms with Gasteiger partial charge in [-0.05, 0) is 35.7 Å². The highest BCUT2D eigenvalue weighted by atomic mass is 35.5. The zero-order chi connectivity index (χ0) is 14.2. The van der Waals surface area contributed by atoms with E-state index in [1.165, 1.54) is 18.2 Å². The predicted molar refractivity (Wildman–Crippen MR) is 76.1 cm³/mol. The summed E-state index contributed by atoms with van der Waals surface area (Å²) in [4.78, 5) is 0. The third-order valence-corrected chi connectivity index (χ3v) is 4.37. The van der Waals surface area contributed by atoms with Gasteiger partial charge in [0, 0.05) is 18.5 Å². The second-order valence-electron chi connectivity index (χ2n) is 5.28. The van der Waals surface area contributed by atoms with Crippen LogP contribution in [-0.4, -0.2) is 13.1 Å². The zero-order valence-corrected chi connectivity index (χ0v) is 11.6. The lowest BCUT2D eigenvalue weighted by Gasteiger charge is -2.43. The zero-order valence-electron chi connectivity index (χ0n) is 10.8. The van der Waals surface area contributed by atoms with Crippen molar-refractivity contribution in [1.82, 2.24) is 5.32 Å². The summed E-state index contributed by atoms with van der Waals surface area (Å²) in [5.41, 5.74) is 1.71. The molecule has 0 unspecified atom stereocenters. The van der Waals surface area contributed by atoms with Crippen LogP contribution in [0.25, 0.3) is 0 Å². The van der Waals surface area contributed by atoms with E-state index in [-0.39, 0.29) is 16.3 Å². The summed E-state index contributed by atoms with van der Waals surface area (Å²) in [6, 6.07) is 11.4. The molecule has 2 aromatic carbocycles. The Kier molecular flexibility index (Phi) is 3.48. The highest BCUT2D eigenvalue weighted by molar-refractivity contribution is 6.31. The van der Waals surface area contributed by atoms with Crippen molar-refractivity contribution in [3.8, 4) is 0 Å². The Bertz CT molecular complexity index is 621. The van der Waals surface area contributed by atoms with E-state index in [0.29, 0.717) is 6.42 Å². The molecule has 3 rings (SSSR count). The fraction of sp³-hybridized carbons (Fsp3) is 0.250. The molecule has 0 saturated carbocycles. The average molecular weight is 294 g/mol. The van der Waals surface area contributed by atoms with Gasteiger partial charge in [0.05, 0.1) is 5.02 Å². The molecule has 1 heterocycles. The van der Waals surface area contributed by atoms with Crippen LogP contribution in [0.5, 0.6) is 0 Å². The summed E-state index contributed by atoms with van der Waals surface area (Å²) < 4.78 is 26.6. The molecule has 0 spiro atoms. The van der Waals surface area contributed by atoms with E-state index in [9.17, 15) is 8.78 Å². The molecule has 1 N–H and O–H groups in total. The molecule has 0 aromatic heterocycles. The molecule has 1 aliphatic rings. The van der Waals surface area contributed by atoms with E-state index in [1.54, 1.807) is 18.2 Å². The van der Waals surface area contributed by atoms with Gasteiger partial charge in [0.25, 0.3) is 0 Å². The van der Waals surface area contributed by atoms with Gasteiger partial charge in [0.15, 0.2) is 0 Å². The van der Waals surface area contributed by atoms with Crippen molar-refractivity contribution in [3.05, 3.63) is 70.2 Å². The fourth-order valence-corrected chi connectivity index (χ4v) is 2.90. The lowest BCUT2D eigenvalue weighted by molar-refractivity contribution is 0.274. The van der Waals surface area contributed by atoms with Crippen LogP contribution in [-0.2, 0) is 11.8 Å². The van der Waals surface area contributed by atoms with Gasteiger partial charge in [-0.1, -0.05) is 35.9 Å². The van der Waals surface area contributed by atoms with Crippen LogP contribution in [0.2, 0.25) is 5.02 Å². The van der Waals surface area contributed by atoms with Gasteiger partial charge in [0.1, 0.15) is 11.6 Å². The molecule has 1 nitrogen and oxygen atoms in total. The van der Waals surface area contributed by atoms with Gasteiger partial charge < -0.3 is 5.32 Å². The van der Waals surface area contributed by atoms with Crippen molar-refractivity contribution in [1.29, 1.82) is 0 Å². The first-order chi connectivity index (χ1) is 9.61. The topological polar surface area (TPSA) is 12.0 Å². The Balaban J connectivity index is 1.94. The molecule has 0 radical (unpaired) electrons. The van der Waals surface area contributed by atoms with E-state index in [2.05, 4.69) is 5.32 Å². The summed E-state index contributed by atoms with van der Waals surface area (Å²) in [5, 5.41) is 3.42. The molecule has 1 saturated heterocycles. The van der Waals surface area contributed by atoms with Crippen molar-refractivity contribution < 1.29 is 8.78 Å². The predicted octanol–water partition coefficient (Wildman–Crippen LogP) is 3.70. The molecule has 1 fully saturated rings. The Morgan fingerprint density at radius 3 is 2.35 bits per heavy atom. The maximum Gasteiger partial charge on any atom is 0.142 e. The lowest BCUT2D eigenvalue weighted by atomic mass is 9.71. The molecule has 0 amide bonds. The quantitative estimate of drug-likeness (QED) is 0.910. The van der Waals surface area contributed by atoms with Crippen LogP contribution in [0.15, 0.2) is 42.5 Å². The largest absolute Gasteiger partial charge is 0.315 e. The lowest BCUT2D eigenvalue weighted by Crippen LogP contribution is -2.58. The molecular formula is C16H14ClF2N. The maximum absolute atomic E-state index is 13.5. The number of halogens is 3. The summed E-state index contributed by atoms with van der Waals surface area (Å²) in [6.45, 7) is 1.57. The van der Waals surface area contributed by atoms with E-state index in [1.807, 2.05) is 6.07 Å². The first-order valence-electron chi connectivity index (χ1n) is 6.50. The summed E-state index contributed by atoms with van der Waals surface area (Å²) in [6.07, 6.45) is 0.641. The van der Waals surface area contributed by atoms with Crippen LogP contribution in [0.4, 0.5) is 8.78 Å². The van der Waals surface area contributed by atoms with Crippen LogP contribution in [0.3, 0.4) is 0 Å². The van der Waals surface area contributed by atoms with Gasteiger partial charge in [0.2, 0.25) is 0 Å². The van der Waals surface area contributed by atoms with E-state index in [4.69, 9.17) is 11.6 Å². The normalized spacial score (nSPS) is 16.8. The number of hydrogen-bond donors (Lipinski definition) is 1. The molecule has 1 aliphatic heterocycles. The Hall–Kier alpha value is -1.45. The Morgan fingerprint density at radius 2 is 1.75 bits per heavy atom. The van der Waals surface area contributed by atoms with Crippen molar-refractivity contribution in [2.45, 2.75) is 11.8 Å². The molecular weight excluding hydrogens is 280 g/mol.